The van der Waals surface area contributed by atoms with Crippen LogP contribution in [0.25, 0.3) is 5.57 Å². The molecule has 80 valence electrons. The number of carbonyl (C=O) groups is 1. The van der Waals surface area contributed by atoms with Gasteiger partial charge in [0.15, 0.2) is 0 Å². The Hall–Kier alpha value is -1.57. The minimum atomic E-state index is -0.293. The second-order valence-corrected chi connectivity index (χ2v) is 3.36. The van der Waals surface area contributed by atoms with Crippen LogP contribution in [0.3, 0.4) is 0 Å². The molecule has 0 unspecified atom stereocenters. The summed E-state index contributed by atoms with van der Waals surface area (Å²) in [5.74, 6) is -0.293. The fraction of sp³-hybridized carbons (Fsp3) is 0.308. The second kappa shape index (κ2) is 5.35. The quantitative estimate of drug-likeness (QED) is 0.706. The van der Waals surface area contributed by atoms with E-state index in [1.54, 1.807) is 12.1 Å². The molecule has 1 aromatic carbocycles. The van der Waals surface area contributed by atoms with Crippen LogP contribution in [0.1, 0.15) is 36.2 Å². The van der Waals surface area contributed by atoms with Crippen LogP contribution in [0.15, 0.2) is 30.3 Å². The summed E-state index contributed by atoms with van der Waals surface area (Å²) in [6, 6.07) is 7.45. The van der Waals surface area contributed by atoms with Gasteiger partial charge in [0, 0.05) is 0 Å². The van der Waals surface area contributed by atoms with Crippen molar-refractivity contribution in [3.05, 3.63) is 41.5 Å². The van der Waals surface area contributed by atoms with E-state index in [0.29, 0.717) is 5.56 Å². The molecule has 0 fully saturated rings. The first kappa shape index (κ1) is 11.5. The van der Waals surface area contributed by atoms with Crippen molar-refractivity contribution in [1.29, 1.82) is 0 Å². The highest BCUT2D eigenvalue weighted by Gasteiger charge is 2.04. The largest absolute Gasteiger partial charge is 0.465 e. The summed E-state index contributed by atoms with van der Waals surface area (Å²) in [5, 5.41) is 0. The van der Waals surface area contributed by atoms with Crippen molar-refractivity contribution in [2.24, 2.45) is 0 Å². The molecule has 0 bridgehead atoms. The molecule has 0 radical (unpaired) electrons. The number of esters is 1. The molecule has 0 saturated heterocycles. The zero-order valence-corrected chi connectivity index (χ0v) is 9.41. The summed E-state index contributed by atoms with van der Waals surface area (Å²) in [5.41, 5.74) is 2.96. The Morgan fingerprint density at radius 2 is 1.80 bits per heavy atom. The molecule has 1 rings (SSSR count). The molecule has 0 amide bonds. The van der Waals surface area contributed by atoms with Gasteiger partial charge in [0.25, 0.3) is 0 Å². The minimum Gasteiger partial charge on any atom is -0.465 e. The van der Waals surface area contributed by atoms with Gasteiger partial charge in [0.2, 0.25) is 0 Å². The SMILES string of the molecule is CCC=C(C)c1ccc(C(=O)OC)cc1. The van der Waals surface area contributed by atoms with Gasteiger partial charge >= 0.3 is 5.97 Å². The van der Waals surface area contributed by atoms with Crippen molar-refractivity contribution < 1.29 is 9.53 Å². The minimum absolute atomic E-state index is 0.293. The molecule has 0 saturated carbocycles. The predicted molar refractivity (Wildman–Crippen MR) is 61.7 cm³/mol. The highest BCUT2D eigenvalue weighted by Crippen LogP contribution is 2.15. The van der Waals surface area contributed by atoms with Crippen LogP contribution in [0.4, 0.5) is 0 Å². The number of ether oxygens (including phenoxy) is 1. The van der Waals surface area contributed by atoms with Crippen molar-refractivity contribution in [2.75, 3.05) is 7.11 Å². The van der Waals surface area contributed by atoms with E-state index >= 15 is 0 Å². The number of allylic oxidation sites excluding steroid dienone is 2. The van der Waals surface area contributed by atoms with Crippen LogP contribution in [0, 0.1) is 0 Å². The summed E-state index contributed by atoms with van der Waals surface area (Å²) < 4.78 is 4.63. The maximum absolute atomic E-state index is 11.2. The van der Waals surface area contributed by atoms with Crippen molar-refractivity contribution in [3.63, 3.8) is 0 Å². The molecule has 1 aromatic rings. The van der Waals surface area contributed by atoms with Crippen molar-refractivity contribution >= 4 is 11.5 Å². The number of carbonyl (C=O) groups excluding carboxylic acids is 1. The van der Waals surface area contributed by atoms with E-state index in [1.807, 2.05) is 12.1 Å². The molecule has 0 aliphatic rings. The van der Waals surface area contributed by atoms with Crippen molar-refractivity contribution in [1.82, 2.24) is 0 Å². The Morgan fingerprint density at radius 3 is 2.27 bits per heavy atom. The van der Waals surface area contributed by atoms with Gasteiger partial charge in [0.05, 0.1) is 12.7 Å². The molecule has 0 aliphatic carbocycles. The van der Waals surface area contributed by atoms with Gasteiger partial charge in [-0.3, -0.25) is 0 Å². The topological polar surface area (TPSA) is 26.3 Å². The van der Waals surface area contributed by atoms with Gasteiger partial charge in [0.1, 0.15) is 0 Å². The molecule has 0 spiro atoms. The van der Waals surface area contributed by atoms with E-state index in [-0.39, 0.29) is 5.97 Å². The molecule has 0 aliphatic heterocycles. The molecular weight excluding hydrogens is 188 g/mol. The van der Waals surface area contributed by atoms with Gasteiger partial charge in [-0.2, -0.15) is 0 Å². The van der Waals surface area contributed by atoms with Crippen LogP contribution >= 0.6 is 0 Å². The first-order chi connectivity index (χ1) is 7.19. The summed E-state index contributed by atoms with van der Waals surface area (Å²) in [6.07, 6.45) is 3.18. The summed E-state index contributed by atoms with van der Waals surface area (Å²) in [7, 11) is 1.39. The van der Waals surface area contributed by atoms with Crippen LogP contribution in [-0.4, -0.2) is 13.1 Å². The standard InChI is InChI=1S/C13H16O2/c1-4-5-10(2)11-6-8-12(9-7-11)13(14)15-3/h5-9H,4H2,1-3H3. The Labute approximate surface area is 90.6 Å². The molecule has 2 nitrogen and oxygen atoms in total. The van der Waals surface area contributed by atoms with Crippen LogP contribution in [0.5, 0.6) is 0 Å². The molecule has 0 N–H and O–H groups in total. The van der Waals surface area contributed by atoms with Crippen LogP contribution < -0.4 is 0 Å². The Kier molecular flexibility index (Phi) is 4.10. The molecule has 2 heteroatoms. The number of rotatable bonds is 3. The molecule has 15 heavy (non-hydrogen) atoms. The molecule has 0 atom stereocenters. The predicted octanol–water partition coefficient (Wildman–Crippen LogP) is 3.29. The lowest BCUT2D eigenvalue weighted by Crippen LogP contribution is -2.00. The van der Waals surface area contributed by atoms with Gasteiger partial charge < -0.3 is 4.74 Å². The Morgan fingerprint density at radius 1 is 1.27 bits per heavy atom. The fourth-order valence-electron chi connectivity index (χ4n) is 1.41. The van der Waals surface area contributed by atoms with E-state index in [1.165, 1.54) is 12.7 Å². The Bertz CT molecular complexity index is 361. The van der Waals surface area contributed by atoms with Gasteiger partial charge in [-0.05, 0) is 36.6 Å². The normalized spacial score (nSPS) is 11.3. The third-order valence-electron chi connectivity index (χ3n) is 2.27. The highest BCUT2D eigenvalue weighted by atomic mass is 16.5. The zero-order valence-electron chi connectivity index (χ0n) is 9.41. The lowest BCUT2D eigenvalue weighted by molar-refractivity contribution is 0.0601. The third kappa shape index (κ3) is 2.94. The lowest BCUT2D eigenvalue weighted by atomic mass is 10.0. The smallest absolute Gasteiger partial charge is 0.337 e. The number of methoxy groups -OCH3 is 1. The van der Waals surface area contributed by atoms with Crippen LogP contribution in [0.2, 0.25) is 0 Å². The van der Waals surface area contributed by atoms with E-state index in [2.05, 4.69) is 24.7 Å². The molecular formula is C13H16O2. The maximum atomic E-state index is 11.2. The maximum Gasteiger partial charge on any atom is 0.337 e. The zero-order chi connectivity index (χ0) is 11.3. The average molecular weight is 204 g/mol. The first-order valence-electron chi connectivity index (χ1n) is 5.04. The Balaban J connectivity index is 2.90. The van der Waals surface area contributed by atoms with E-state index < -0.39 is 0 Å². The molecule has 0 aromatic heterocycles. The van der Waals surface area contributed by atoms with Crippen molar-refractivity contribution in [2.45, 2.75) is 20.3 Å². The van der Waals surface area contributed by atoms with Gasteiger partial charge in [-0.15, -0.1) is 0 Å². The summed E-state index contributed by atoms with van der Waals surface area (Å²) in [6.45, 7) is 4.17. The second-order valence-electron chi connectivity index (χ2n) is 3.36. The van der Waals surface area contributed by atoms with Crippen molar-refractivity contribution in [3.8, 4) is 0 Å². The lowest BCUT2D eigenvalue weighted by Gasteiger charge is -2.03. The monoisotopic (exact) mass is 204 g/mol. The fourth-order valence-corrected chi connectivity index (χ4v) is 1.41. The number of hydrogen-bond acceptors (Lipinski definition) is 2. The van der Waals surface area contributed by atoms with Gasteiger partial charge in [-0.1, -0.05) is 25.1 Å². The summed E-state index contributed by atoms with van der Waals surface area (Å²) in [4.78, 5) is 11.2. The van der Waals surface area contributed by atoms with Crippen LogP contribution in [-0.2, 0) is 4.74 Å². The van der Waals surface area contributed by atoms with E-state index in [9.17, 15) is 4.79 Å². The summed E-state index contributed by atoms with van der Waals surface area (Å²) >= 11 is 0. The van der Waals surface area contributed by atoms with Gasteiger partial charge in [-0.25, -0.2) is 4.79 Å². The average Bonchev–Trinajstić information content (AvgIpc) is 2.28. The van der Waals surface area contributed by atoms with E-state index in [4.69, 9.17) is 0 Å². The number of hydrogen-bond donors (Lipinski definition) is 0. The first-order valence-corrected chi connectivity index (χ1v) is 5.04. The van der Waals surface area contributed by atoms with E-state index in [0.717, 1.165) is 12.0 Å². The third-order valence-corrected chi connectivity index (χ3v) is 2.27. The highest BCUT2D eigenvalue weighted by molar-refractivity contribution is 5.89. The molecule has 0 heterocycles. The number of benzene rings is 1.